The molecule has 3 rings (SSSR count). The normalized spacial score (nSPS) is 17.1. The molecule has 1 aliphatic carbocycles. The van der Waals surface area contributed by atoms with Crippen LogP contribution >= 0.6 is 23.1 Å². The van der Waals surface area contributed by atoms with Crippen LogP contribution in [0.15, 0.2) is 52.9 Å². The number of rotatable bonds is 6. The first-order valence-electron chi connectivity index (χ1n) is 8.04. The predicted molar refractivity (Wildman–Crippen MR) is 100 cm³/mol. The molecule has 1 atom stereocenters. The molecule has 1 aromatic carbocycles. The minimum Gasteiger partial charge on any atom is -0.297 e. The van der Waals surface area contributed by atoms with Gasteiger partial charge in [-0.1, -0.05) is 53.5 Å². The number of nitrogens with one attached hydrogen (secondary N) is 1. The van der Waals surface area contributed by atoms with E-state index >= 15 is 0 Å². The fourth-order valence-corrected chi connectivity index (χ4v) is 4.12. The number of aromatic nitrogens is 2. The third kappa shape index (κ3) is 5.79. The Hall–Kier alpha value is -1.99. The minimum atomic E-state index is -0.244. The van der Waals surface area contributed by atoms with Gasteiger partial charge in [-0.05, 0) is 49.0 Å². The van der Waals surface area contributed by atoms with E-state index in [1.54, 1.807) is 18.2 Å². The van der Waals surface area contributed by atoms with Gasteiger partial charge in [0.15, 0.2) is 4.34 Å². The van der Waals surface area contributed by atoms with Crippen LogP contribution in [0.3, 0.4) is 0 Å². The van der Waals surface area contributed by atoms with Crippen LogP contribution in [-0.4, -0.2) is 16.1 Å². The molecule has 1 heterocycles. The van der Waals surface area contributed by atoms with Crippen molar-refractivity contribution in [2.24, 2.45) is 5.92 Å². The molecule has 0 saturated carbocycles. The van der Waals surface area contributed by atoms with Crippen molar-refractivity contribution < 1.29 is 9.18 Å². The Kier molecular flexibility index (Phi) is 6.36. The second-order valence-corrected chi connectivity index (χ2v) is 7.88. The lowest BCUT2D eigenvalue weighted by Gasteiger charge is -2.12. The van der Waals surface area contributed by atoms with Gasteiger partial charge in [-0.3, -0.25) is 10.1 Å². The van der Waals surface area contributed by atoms with Crippen LogP contribution in [0.1, 0.15) is 24.8 Å². The summed E-state index contributed by atoms with van der Waals surface area (Å²) in [5.74, 6) is 0.692. The molecule has 0 spiro atoms. The van der Waals surface area contributed by atoms with Crippen LogP contribution in [0, 0.1) is 11.7 Å². The van der Waals surface area contributed by atoms with Crippen LogP contribution < -0.4 is 5.32 Å². The van der Waals surface area contributed by atoms with Crippen molar-refractivity contribution >= 4 is 34.1 Å². The fraction of sp³-hybridized carbons (Fsp3) is 0.278. The van der Waals surface area contributed by atoms with Crippen molar-refractivity contribution in [2.75, 3.05) is 5.32 Å². The van der Waals surface area contributed by atoms with Crippen LogP contribution in [0.4, 0.5) is 9.52 Å². The van der Waals surface area contributed by atoms with Gasteiger partial charge < -0.3 is 0 Å². The Morgan fingerprint density at radius 2 is 2.16 bits per heavy atom. The van der Waals surface area contributed by atoms with Crippen molar-refractivity contribution in [1.82, 2.24) is 10.2 Å². The van der Waals surface area contributed by atoms with Gasteiger partial charge in [-0.2, -0.15) is 0 Å². The summed E-state index contributed by atoms with van der Waals surface area (Å²) in [6.07, 6.45) is 11.0. The minimum absolute atomic E-state index is 0.180. The van der Waals surface area contributed by atoms with E-state index in [4.69, 9.17) is 0 Å². The summed E-state index contributed by atoms with van der Waals surface area (Å²) in [5, 5.41) is 11.3. The van der Waals surface area contributed by atoms with E-state index in [9.17, 15) is 9.18 Å². The molecular weight excluding hydrogens is 357 g/mol. The first kappa shape index (κ1) is 17.8. The molecule has 1 aliphatic rings. The zero-order valence-corrected chi connectivity index (χ0v) is 15.2. The zero-order chi connectivity index (χ0) is 17.5. The summed E-state index contributed by atoms with van der Waals surface area (Å²) in [4.78, 5) is 12.0. The number of anilines is 1. The van der Waals surface area contributed by atoms with Gasteiger partial charge in [0.25, 0.3) is 0 Å². The van der Waals surface area contributed by atoms with Crippen molar-refractivity contribution in [3.8, 4) is 0 Å². The summed E-state index contributed by atoms with van der Waals surface area (Å²) in [7, 11) is 0. The van der Waals surface area contributed by atoms with E-state index in [0.717, 1.165) is 29.2 Å². The maximum Gasteiger partial charge on any atom is 0.249 e. The Morgan fingerprint density at radius 3 is 2.92 bits per heavy atom. The van der Waals surface area contributed by atoms with E-state index in [-0.39, 0.29) is 11.7 Å². The zero-order valence-electron chi connectivity index (χ0n) is 13.5. The fourth-order valence-electron chi connectivity index (χ4n) is 2.41. The van der Waals surface area contributed by atoms with E-state index < -0.39 is 0 Å². The van der Waals surface area contributed by atoms with Crippen LogP contribution in [0.5, 0.6) is 0 Å². The largest absolute Gasteiger partial charge is 0.297 e. The van der Waals surface area contributed by atoms with Gasteiger partial charge in [0.1, 0.15) is 5.82 Å². The monoisotopic (exact) mass is 375 g/mol. The molecule has 0 radical (unpaired) electrons. The molecule has 1 amide bonds. The molecule has 130 valence electrons. The lowest BCUT2D eigenvalue weighted by atomic mass is 9.94. The lowest BCUT2D eigenvalue weighted by Crippen LogP contribution is -2.09. The Bertz CT molecular complexity index is 771. The molecule has 1 N–H and O–H groups in total. The molecule has 1 aromatic heterocycles. The van der Waals surface area contributed by atoms with Crippen molar-refractivity contribution in [3.63, 3.8) is 0 Å². The summed E-state index contributed by atoms with van der Waals surface area (Å²) >= 11 is 2.84. The van der Waals surface area contributed by atoms with Crippen molar-refractivity contribution in [1.29, 1.82) is 0 Å². The summed E-state index contributed by atoms with van der Waals surface area (Å²) in [6.45, 7) is 0. The molecule has 25 heavy (non-hydrogen) atoms. The second-order valence-electron chi connectivity index (χ2n) is 5.68. The maximum absolute atomic E-state index is 12.9. The molecule has 2 aromatic rings. The molecule has 7 heteroatoms. The topological polar surface area (TPSA) is 54.9 Å². The highest BCUT2D eigenvalue weighted by Gasteiger charge is 2.09. The molecule has 0 saturated heterocycles. The lowest BCUT2D eigenvalue weighted by molar-refractivity contribution is -0.111. The first-order valence-corrected chi connectivity index (χ1v) is 9.84. The van der Waals surface area contributed by atoms with Gasteiger partial charge in [0, 0.05) is 5.75 Å². The highest BCUT2D eigenvalue weighted by Crippen LogP contribution is 2.28. The number of benzene rings is 1. The summed E-state index contributed by atoms with van der Waals surface area (Å²) in [6, 6.07) is 6.38. The van der Waals surface area contributed by atoms with Gasteiger partial charge in [0.2, 0.25) is 11.0 Å². The van der Waals surface area contributed by atoms with Gasteiger partial charge in [-0.25, -0.2) is 4.39 Å². The average molecular weight is 375 g/mol. The molecule has 0 bridgehead atoms. The number of amides is 1. The SMILES string of the molecule is O=C(/C=C/C1CC=CCC1)Nc1nnc(SCc2ccc(F)cc2)s1. The Labute approximate surface area is 154 Å². The van der Waals surface area contributed by atoms with Crippen LogP contribution in [0.2, 0.25) is 0 Å². The van der Waals surface area contributed by atoms with E-state index in [0.29, 0.717) is 16.8 Å². The summed E-state index contributed by atoms with van der Waals surface area (Å²) < 4.78 is 13.6. The Balaban J connectivity index is 1.47. The number of carbonyl (C=O) groups excluding carboxylic acids is 1. The number of halogens is 1. The quantitative estimate of drug-likeness (QED) is 0.340. The molecule has 0 fully saturated rings. The number of nitrogens with zero attached hydrogens (tertiary/aromatic N) is 2. The predicted octanol–water partition coefficient (Wildman–Crippen LogP) is 4.82. The standard InChI is InChI=1S/C18H18FN3OS2/c19-15-9-6-14(7-10-15)12-24-18-22-21-17(25-18)20-16(23)11-8-13-4-2-1-3-5-13/h1-2,6-11,13H,3-5,12H2,(H,20,21,23)/b11-8+. The molecular formula is C18H18FN3OS2. The van der Waals surface area contributed by atoms with Crippen LogP contribution in [-0.2, 0) is 10.5 Å². The van der Waals surface area contributed by atoms with Crippen molar-refractivity contribution in [3.05, 3.63) is 60.0 Å². The highest BCUT2D eigenvalue weighted by molar-refractivity contribution is 8.00. The number of hydrogen-bond donors (Lipinski definition) is 1. The third-order valence-corrected chi connectivity index (χ3v) is 5.78. The Morgan fingerprint density at radius 1 is 1.32 bits per heavy atom. The van der Waals surface area contributed by atoms with Crippen LogP contribution in [0.25, 0.3) is 0 Å². The molecule has 0 aliphatic heterocycles. The molecule has 4 nitrogen and oxygen atoms in total. The number of thioether (sulfide) groups is 1. The number of allylic oxidation sites excluding steroid dienone is 3. The second kappa shape index (κ2) is 8.92. The molecule has 1 unspecified atom stereocenters. The van der Waals surface area contributed by atoms with E-state index in [2.05, 4.69) is 27.7 Å². The smallest absolute Gasteiger partial charge is 0.249 e. The van der Waals surface area contributed by atoms with Crippen molar-refractivity contribution in [2.45, 2.75) is 29.4 Å². The first-order chi connectivity index (χ1) is 12.2. The highest BCUT2D eigenvalue weighted by atomic mass is 32.2. The van der Waals surface area contributed by atoms with Gasteiger partial charge >= 0.3 is 0 Å². The average Bonchev–Trinajstić information content (AvgIpc) is 3.08. The maximum atomic E-state index is 12.9. The van der Waals surface area contributed by atoms with Gasteiger partial charge in [-0.15, -0.1) is 10.2 Å². The van der Waals surface area contributed by atoms with E-state index in [1.165, 1.54) is 35.2 Å². The number of hydrogen-bond acceptors (Lipinski definition) is 5. The third-order valence-electron chi connectivity index (χ3n) is 3.74. The number of carbonyl (C=O) groups is 1. The van der Waals surface area contributed by atoms with E-state index in [1.807, 2.05) is 6.08 Å². The van der Waals surface area contributed by atoms with Gasteiger partial charge in [0.05, 0.1) is 0 Å². The summed E-state index contributed by atoms with van der Waals surface area (Å²) in [5.41, 5.74) is 1.01.